The van der Waals surface area contributed by atoms with Crippen LogP contribution in [-0.4, -0.2) is 28.1 Å². The maximum Gasteiger partial charge on any atom is 0.267 e. The van der Waals surface area contributed by atoms with E-state index in [1.807, 2.05) is 24.3 Å². The first kappa shape index (κ1) is 37.9. The standard InChI is InChI=1S/C23H21F2NO3.C16H15FINO2/c1-23(2,29-19-10-6-17(24)7-11-19)22(28)26-18-8-4-16(5-9-18)20-12-3-15(14-27)13-21(20)25;1-16(2,21-14-9-3-11(17)4-10-14)15(20)19-13-7-5-12(18)6-8-13/h3-13,27H,14H2,1-2H3,(H,26,28);3-10H,1-2H3,(H,19,20). The number of ether oxygens (including phenoxy) is 2. The molecular formula is C39H36F3IN2O5. The minimum atomic E-state index is -1.19. The number of benzene rings is 5. The summed E-state index contributed by atoms with van der Waals surface area (Å²) < 4.78 is 52.5. The Morgan fingerprint density at radius 1 is 0.640 bits per heavy atom. The Labute approximate surface area is 302 Å². The number of hydrogen-bond donors (Lipinski definition) is 3. The number of carbonyl (C=O) groups is 2. The number of halogens is 4. The van der Waals surface area contributed by atoms with Gasteiger partial charge in [-0.25, -0.2) is 13.2 Å². The normalized spacial score (nSPS) is 11.1. The molecule has 3 N–H and O–H groups in total. The van der Waals surface area contributed by atoms with Crippen LogP contribution in [0.15, 0.2) is 115 Å². The van der Waals surface area contributed by atoms with Crippen LogP contribution in [-0.2, 0) is 16.2 Å². The predicted octanol–water partition coefficient (Wildman–Crippen LogP) is 9.15. The zero-order chi connectivity index (χ0) is 36.5. The van der Waals surface area contributed by atoms with Crippen LogP contribution < -0.4 is 20.1 Å². The second-order valence-electron chi connectivity index (χ2n) is 12.1. The van der Waals surface area contributed by atoms with Crippen molar-refractivity contribution in [2.24, 2.45) is 0 Å². The second-order valence-corrected chi connectivity index (χ2v) is 13.3. The SMILES string of the molecule is CC(C)(Oc1ccc(F)cc1)C(=O)Nc1ccc(-c2ccc(CO)cc2F)cc1.CC(C)(Oc1ccc(F)cc1)C(=O)Nc1ccc(I)cc1. The molecule has 5 aromatic rings. The number of amides is 2. The van der Waals surface area contributed by atoms with Gasteiger partial charge >= 0.3 is 0 Å². The average Bonchev–Trinajstić information content (AvgIpc) is 3.08. The van der Waals surface area contributed by atoms with Crippen molar-refractivity contribution in [3.63, 3.8) is 0 Å². The lowest BCUT2D eigenvalue weighted by molar-refractivity contribution is -0.129. The molecule has 0 spiro atoms. The Kier molecular flexibility index (Phi) is 12.7. The van der Waals surface area contributed by atoms with E-state index in [4.69, 9.17) is 14.6 Å². The van der Waals surface area contributed by atoms with Crippen molar-refractivity contribution in [2.45, 2.75) is 45.5 Å². The van der Waals surface area contributed by atoms with Crippen LogP contribution in [0.2, 0.25) is 0 Å². The van der Waals surface area contributed by atoms with Crippen molar-refractivity contribution in [2.75, 3.05) is 10.6 Å². The van der Waals surface area contributed by atoms with E-state index < -0.39 is 17.0 Å². The Balaban J connectivity index is 0.000000237. The minimum Gasteiger partial charge on any atom is -0.478 e. The van der Waals surface area contributed by atoms with Crippen LogP contribution in [0, 0.1) is 21.0 Å². The summed E-state index contributed by atoms with van der Waals surface area (Å²) in [4.78, 5) is 24.9. The molecule has 260 valence electrons. The summed E-state index contributed by atoms with van der Waals surface area (Å²) in [6.45, 7) is 6.32. The first-order valence-electron chi connectivity index (χ1n) is 15.4. The summed E-state index contributed by atoms with van der Waals surface area (Å²) in [6.07, 6.45) is 0. The van der Waals surface area contributed by atoms with Gasteiger partial charge in [0.15, 0.2) is 11.2 Å². The third kappa shape index (κ3) is 10.8. The van der Waals surface area contributed by atoms with Crippen molar-refractivity contribution >= 4 is 45.8 Å². The van der Waals surface area contributed by atoms with Gasteiger partial charge in [-0.2, -0.15) is 0 Å². The average molecular weight is 797 g/mol. The van der Waals surface area contributed by atoms with E-state index in [-0.39, 0.29) is 30.1 Å². The Hall–Kier alpha value is -4.88. The molecule has 0 atom stereocenters. The van der Waals surface area contributed by atoms with Crippen molar-refractivity contribution in [1.29, 1.82) is 0 Å². The molecule has 7 nitrogen and oxygen atoms in total. The van der Waals surface area contributed by atoms with E-state index in [0.717, 1.165) is 3.57 Å². The zero-order valence-electron chi connectivity index (χ0n) is 27.8. The number of aliphatic hydroxyl groups excluding tert-OH is 1. The molecule has 0 saturated heterocycles. The fourth-order valence-electron chi connectivity index (χ4n) is 4.41. The second kappa shape index (κ2) is 16.7. The van der Waals surface area contributed by atoms with E-state index in [1.165, 1.54) is 54.6 Å². The van der Waals surface area contributed by atoms with Gasteiger partial charge < -0.3 is 25.2 Å². The molecule has 0 aliphatic carbocycles. The fraction of sp³-hybridized carbons (Fsp3) is 0.179. The first-order valence-corrected chi connectivity index (χ1v) is 16.5. The third-order valence-electron chi connectivity index (χ3n) is 7.24. The number of hydrogen-bond acceptors (Lipinski definition) is 5. The number of rotatable bonds is 10. The fourth-order valence-corrected chi connectivity index (χ4v) is 4.77. The van der Waals surface area contributed by atoms with Crippen LogP contribution in [0.25, 0.3) is 11.1 Å². The highest BCUT2D eigenvalue weighted by atomic mass is 127. The van der Waals surface area contributed by atoms with Gasteiger partial charge in [-0.1, -0.05) is 24.3 Å². The van der Waals surface area contributed by atoms with Gasteiger partial charge in [0, 0.05) is 20.5 Å². The summed E-state index contributed by atoms with van der Waals surface area (Å²) in [6, 6.07) is 29.7. The lowest BCUT2D eigenvalue weighted by Gasteiger charge is -2.25. The van der Waals surface area contributed by atoms with Gasteiger partial charge in [-0.05, 0) is 152 Å². The Morgan fingerprint density at radius 2 is 1.06 bits per heavy atom. The molecule has 5 rings (SSSR count). The first-order chi connectivity index (χ1) is 23.6. The van der Waals surface area contributed by atoms with Crippen LogP contribution in [0.4, 0.5) is 24.5 Å². The van der Waals surface area contributed by atoms with Crippen molar-refractivity contribution in [3.05, 3.63) is 142 Å². The molecule has 0 fully saturated rings. The molecule has 2 amide bonds. The van der Waals surface area contributed by atoms with Gasteiger partial charge in [0.25, 0.3) is 11.8 Å². The lowest BCUT2D eigenvalue weighted by atomic mass is 10.0. The van der Waals surface area contributed by atoms with Crippen LogP contribution in [0.3, 0.4) is 0 Å². The van der Waals surface area contributed by atoms with Crippen LogP contribution >= 0.6 is 22.6 Å². The van der Waals surface area contributed by atoms with Crippen molar-refractivity contribution < 1.29 is 37.3 Å². The molecule has 0 radical (unpaired) electrons. The van der Waals surface area contributed by atoms with Gasteiger partial charge in [-0.15, -0.1) is 0 Å². The summed E-state index contributed by atoms with van der Waals surface area (Å²) in [5.41, 5.74) is 0.521. The monoisotopic (exact) mass is 796 g/mol. The highest BCUT2D eigenvalue weighted by Crippen LogP contribution is 2.27. The molecule has 0 aliphatic rings. The smallest absolute Gasteiger partial charge is 0.267 e. The zero-order valence-corrected chi connectivity index (χ0v) is 29.9. The molecule has 0 saturated carbocycles. The molecule has 11 heteroatoms. The maximum atomic E-state index is 14.2. The van der Waals surface area contributed by atoms with Gasteiger partial charge in [0.1, 0.15) is 29.0 Å². The predicted molar refractivity (Wildman–Crippen MR) is 196 cm³/mol. The number of carbonyl (C=O) groups excluding carboxylic acids is 2. The molecule has 0 heterocycles. The lowest BCUT2D eigenvalue weighted by Crippen LogP contribution is -2.42. The van der Waals surface area contributed by atoms with Gasteiger partial charge in [0.2, 0.25) is 0 Å². The number of nitrogens with one attached hydrogen (secondary N) is 2. The van der Waals surface area contributed by atoms with E-state index in [0.29, 0.717) is 39.6 Å². The summed E-state index contributed by atoms with van der Waals surface area (Å²) in [5.74, 6) is -0.989. The van der Waals surface area contributed by atoms with Gasteiger partial charge in [-0.3, -0.25) is 9.59 Å². The molecule has 0 aliphatic heterocycles. The highest BCUT2D eigenvalue weighted by molar-refractivity contribution is 14.1. The topological polar surface area (TPSA) is 96.9 Å². The van der Waals surface area contributed by atoms with E-state index in [1.54, 1.807) is 64.1 Å². The third-order valence-corrected chi connectivity index (χ3v) is 7.96. The maximum absolute atomic E-state index is 14.2. The quantitative estimate of drug-likeness (QED) is 0.123. The van der Waals surface area contributed by atoms with E-state index in [9.17, 15) is 22.8 Å². The largest absolute Gasteiger partial charge is 0.478 e. The Bertz CT molecular complexity index is 1900. The van der Waals surface area contributed by atoms with Crippen LogP contribution in [0.5, 0.6) is 11.5 Å². The van der Waals surface area contributed by atoms with E-state index >= 15 is 0 Å². The number of anilines is 2. The van der Waals surface area contributed by atoms with Crippen LogP contribution in [0.1, 0.15) is 33.3 Å². The molecular weight excluding hydrogens is 760 g/mol. The summed E-state index contributed by atoms with van der Waals surface area (Å²) in [7, 11) is 0. The molecule has 0 unspecified atom stereocenters. The molecule has 5 aromatic carbocycles. The van der Waals surface area contributed by atoms with Crippen molar-refractivity contribution in [1.82, 2.24) is 0 Å². The number of aliphatic hydroxyl groups is 1. The minimum absolute atomic E-state index is 0.224. The molecule has 0 bridgehead atoms. The Morgan fingerprint density at radius 3 is 1.46 bits per heavy atom. The van der Waals surface area contributed by atoms with Gasteiger partial charge in [0.05, 0.1) is 6.61 Å². The summed E-state index contributed by atoms with van der Waals surface area (Å²) >= 11 is 2.20. The molecule has 0 aromatic heterocycles. The van der Waals surface area contributed by atoms with Crippen molar-refractivity contribution in [3.8, 4) is 22.6 Å². The highest BCUT2D eigenvalue weighted by Gasteiger charge is 2.31. The van der Waals surface area contributed by atoms with E-state index in [2.05, 4.69) is 33.2 Å². The molecule has 50 heavy (non-hydrogen) atoms. The summed E-state index contributed by atoms with van der Waals surface area (Å²) in [5, 5.41) is 14.6.